The lowest BCUT2D eigenvalue weighted by atomic mass is 10.1. The molecule has 25 heavy (non-hydrogen) atoms. The zero-order valence-electron chi connectivity index (χ0n) is 14.6. The molecule has 1 N–H and O–H groups in total. The third-order valence-corrected chi connectivity index (χ3v) is 4.92. The first kappa shape index (κ1) is 18.8. The fourth-order valence-corrected chi connectivity index (χ4v) is 3.02. The van der Waals surface area contributed by atoms with Crippen LogP contribution in [0.25, 0.3) is 0 Å². The zero-order valence-corrected chi connectivity index (χ0v) is 15.4. The van der Waals surface area contributed by atoms with E-state index in [2.05, 4.69) is 5.32 Å². The van der Waals surface area contributed by atoms with Crippen molar-refractivity contribution in [1.29, 1.82) is 0 Å². The van der Waals surface area contributed by atoms with Crippen molar-refractivity contribution >= 4 is 15.7 Å². The smallest absolute Gasteiger partial charge is 0.251 e. The molecule has 6 nitrogen and oxygen atoms in total. The van der Waals surface area contributed by atoms with Crippen molar-refractivity contribution in [2.24, 2.45) is 0 Å². The molecule has 0 aliphatic rings. The van der Waals surface area contributed by atoms with Crippen molar-refractivity contribution < 1.29 is 22.7 Å². The number of benzene rings is 2. The monoisotopic (exact) mass is 363 g/mol. The van der Waals surface area contributed by atoms with E-state index in [0.29, 0.717) is 17.1 Å². The summed E-state index contributed by atoms with van der Waals surface area (Å²) in [4.78, 5) is 12.6. The van der Waals surface area contributed by atoms with Gasteiger partial charge >= 0.3 is 0 Å². The van der Waals surface area contributed by atoms with E-state index in [1.807, 2.05) is 6.92 Å². The Kier molecular flexibility index (Phi) is 5.69. The highest BCUT2D eigenvalue weighted by Gasteiger charge is 2.17. The van der Waals surface area contributed by atoms with Gasteiger partial charge in [-0.2, -0.15) is 0 Å². The Labute approximate surface area is 147 Å². The summed E-state index contributed by atoms with van der Waals surface area (Å²) in [5.74, 6) is 0.993. The topological polar surface area (TPSA) is 81.7 Å². The molecule has 2 rings (SSSR count). The Balaban J connectivity index is 2.20. The highest BCUT2D eigenvalue weighted by Crippen LogP contribution is 2.29. The normalized spacial score (nSPS) is 12.3. The molecule has 0 aromatic heterocycles. The summed E-state index contributed by atoms with van der Waals surface area (Å²) in [6, 6.07) is 10.8. The lowest BCUT2D eigenvalue weighted by Crippen LogP contribution is -2.27. The molecule has 0 heterocycles. The first-order valence-corrected chi connectivity index (χ1v) is 9.48. The molecule has 2 aromatic rings. The highest BCUT2D eigenvalue weighted by atomic mass is 32.2. The predicted octanol–water partition coefficient (Wildman–Crippen LogP) is 2.60. The van der Waals surface area contributed by atoms with E-state index in [9.17, 15) is 13.2 Å². The quantitative estimate of drug-likeness (QED) is 0.853. The maximum absolute atomic E-state index is 12.4. The van der Waals surface area contributed by atoms with Crippen molar-refractivity contribution in [2.45, 2.75) is 17.9 Å². The van der Waals surface area contributed by atoms with Crippen LogP contribution < -0.4 is 14.8 Å². The van der Waals surface area contributed by atoms with Crippen LogP contribution in [0.3, 0.4) is 0 Å². The fourth-order valence-electron chi connectivity index (χ4n) is 2.39. The Hall–Kier alpha value is -2.54. The van der Waals surface area contributed by atoms with E-state index >= 15 is 0 Å². The summed E-state index contributed by atoms with van der Waals surface area (Å²) in [5, 5.41) is 2.87. The van der Waals surface area contributed by atoms with E-state index in [-0.39, 0.29) is 16.8 Å². The molecule has 0 saturated carbocycles. The number of nitrogens with one attached hydrogen (secondary N) is 1. The van der Waals surface area contributed by atoms with Crippen molar-refractivity contribution in [3.05, 3.63) is 53.6 Å². The summed E-state index contributed by atoms with van der Waals surface area (Å²) in [5.41, 5.74) is 1.16. The number of amides is 1. The van der Waals surface area contributed by atoms with Gasteiger partial charge in [0, 0.05) is 17.4 Å². The molecule has 0 bridgehead atoms. The van der Waals surface area contributed by atoms with Gasteiger partial charge in [0.15, 0.2) is 9.84 Å². The summed E-state index contributed by atoms with van der Waals surface area (Å²) in [6.45, 7) is 1.83. The average Bonchev–Trinajstić information content (AvgIpc) is 2.60. The number of ether oxygens (including phenoxy) is 2. The molecule has 1 atom stereocenters. The fraction of sp³-hybridized carbons (Fsp3) is 0.278. The maximum atomic E-state index is 12.4. The average molecular weight is 363 g/mol. The van der Waals surface area contributed by atoms with Gasteiger partial charge in [0.05, 0.1) is 25.2 Å². The van der Waals surface area contributed by atoms with Crippen LogP contribution in [0.5, 0.6) is 11.5 Å². The summed E-state index contributed by atoms with van der Waals surface area (Å²) in [7, 11) is -0.163. The van der Waals surface area contributed by atoms with Gasteiger partial charge in [-0.05, 0) is 49.4 Å². The molecule has 0 unspecified atom stereocenters. The van der Waals surface area contributed by atoms with Gasteiger partial charge in [0.25, 0.3) is 5.91 Å². The van der Waals surface area contributed by atoms with E-state index in [1.54, 1.807) is 32.4 Å². The highest BCUT2D eigenvalue weighted by molar-refractivity contribution is 7.90. The Bertz CT molecular complexity index is 860. The van der Waals surface area contributed by atoms with Crippen LogP contribution in [0, 0.1) is 0 Å². The van der Waals surface area contributed by atoms with E-state index < -0.39 is 9.84 Å². The molecule has 0 radical (unpaired) electrons. The predicted molar refractivity (Wildman–Crippen MR) is 95.0 cm³/mol. The minimum Gasteiger partial charge on any atom is -0.497 e. The van der Waals surface area contributed by atoms with Gasteiger partial charge in [0.1, 0.15) is 11.5 Å². The van der Waals surface area contributed by atoms with Crippen LogP contribution >= 0.6 is 0 Å². The Morgan fingerprint density at radius 1 is 1.04 bits per heavy atom. The summed E-state index contributed by atoms with van der Waals surface area (Å²) < 4.78 is 33.5. The van der Waals surface area contributed by atoms with Crippen molar-refractivity contribution in [1.82, 2.24) is 5.32 Å². The first-order chi connectivity index (χ1) is 11.8. The number of carbonyl (C=O) groups excluding carboxylic acids is 1. The number of hydrogen-bond acceptors (Lipinski definition) is 5. The molecule has 0 spiro atoms. The van der Waals surface area contributed by atoms with Crippen LogP contribution in [0.1, 0.15) is 28.9 Å². The zero-order chi connectivity index (χ0) is 18.6. The summed E-state index contributed by atoms with van der Waals surface area (Å²) >= 11 is 0. The van der Waals surface area contributed by atoms with E-state index in [1.165, 1.54) is 24.3 Å². The minimum absolute atomic E-state index is 0.173. The Morgan fingerprint density at radius 2 is 1.68 bits per heavy atom. The molecule has 0 fully saturated rings. The molecule has 7 heteroatoms. The second-order valence-corrected chi connectivity index (χ2v) is 7.62. The molecule has 134 valence electrons. The lowest BCUT2D eigenvalue weighted by Gasteiger charge is -2.18. The molecule has 1 amide bonds. The van der Waals surface area contributed by atoms with Gasteiger partial charge in [-0.15, -0.1) is 0 Å². The number of methoxy groups -OCH3 is 2. The van der Waals surface area contributed by atoms with Crippen molar-refractivity contribution in [2.75, 3.05) is 20.5 Å². The third-order valence-electron chi connectivity index (χ3n) is 3.80. The van der Waals surface area contributed by atoms with Crippen LogP contribution in [-0.4, -0.2) is 34.8 Å². The van der Waals surface area contributed by atoms with Crippen molar-refractivity contribution in [3.8, 4) is 11.5 Å². The van der Waals surface area contributed by atoms with Gasteiger partial charge in [-0.3, -0.25) is 4.79 Å². The van der Waals surface area contributed by atoms with Gasteiger partial charge in [0.2, 0.25) is 0 Å². The first-order valence-electron chi connectivity index (χ1n) is 7.59. The second kappa shape index (κ2) is 7.57. The number of carbonyl (C=O) groups is 1. The molecule has 0 aliphatic carbocycles. The van der Waals surface area contributed by atoms with Gasteiger partial charge < -0.3 is 14.8 Å². The SMILES string of the molecule is COc1ccc(OC)c([C@H](C)NC(=O)c2ccc(S(C)(=O)=O)cc2)c1. The standard InChI is InChI=1S/C18H21NO5S/c1-12(16-11-14(23-2)7-10-17(16)24-3)19-18(20)13-5-8-15(9-6-13)25(4,21)22/h5-12H,1-4H3,(H,19,20)/t12-/m0/s1. The largest absolute Gasteiger partial charge is 0.497 e. The molecule has 0 aliphatic heterocycles. The van der Waals surface area contributed by atoms with E-state index in [0.717, 1.165) is 11.8 Å². The molecular weight excluding hydrogens is 342 g/mol. The van der Waals surface area contributed by atoms with Crippen LogP contribution in [0.2, 0.25) is 0 Å². The minimum atomic E-state index is -3.29. The number of rotatable bonds is 6. The van der Waals surface area contributed by atoms with E-state index in [4.69, 9.17) is 9.47 Å². The van der Waals surface area contributed by atoms with Crippen molar-refractivity contribution in [3.63, 3.8) is 0 Å². The molecule has 0 saturated heterocycles. The Morgan fingerprint density at radius 3 is 2.20 bits per heavy atom. The molecular formula is C18H21NO5S. The molecule has 2 aromatic carbocycles. The number of sulfone groups is 1. The van der Waals surface area contributed by atoms with Gasteiger partial charge in [-0.1, -0.05) is 0 Å². The lowest BCUT2D eigenvalue weighted by molar-refractivity contribution is 0.0939. The second-order valence-electron chi connectivity index (χ2n) is 5.60. The van der Waals surface area contributed by atoms with Crippen LogP contribution in [0.15, 0.2) is 47.4 Å². The van der Waals surface area contributed by atoms with Crippen LogP contribution in [-0.2, 0) is 9.84 Å². The summed E-state index contributed by atoms with van der Waals surface area (Å²) in [6.07, 6.45) is 1.12. The maximum Gasteiger partial charge on any atom is 0.251 e. The number of hydrogen-bond donors (Lipinski definition) is 1. The van der Waals surface area contributed by atoms with Crippen LogP contribution in [0.4, 0.5) is 0 Å². The third kappa shape index (κ3) is 4.51. The van der Waals surface area contributed by atoms with Gasteiger partial charge in [-0.25, -0.2) is 8.42 Å².